The molecule has 25 heavy (non-hydrogen) atoms. The smallest absolute Gasteiger partial charge is 0.0894 e. The van der Waals surface area contributed by atoms with Gasteiger partial charge in [0.1, 0.15) is 0 Å². The summed E-state index contributed by atoms with van der Waals surface area (Å²) in [6.07, 6.45) is 3.76. The van der Waals surface area contributed by atoms with Gasteiger partial charge in [0.15, 0.2) is 0 Å². The molecule has 3 heterocycles. The minimum absolute atomic E-state index is 0.143. The highest BCUT2D eigenvalue weighted by molar-refractivity contribution is 5.59. The summed E-state index contributed by atoms with van der Waals surface area (Å²) in [5, 5.41) is 10.9. The van der Waals surface area contributed by atoms with Crippen molar-refractivity contribution in [2.75, 3.05) is 20.2 Å². The first-order valence-electron chi connectivity index (χ1n) is 8.44. The summed E-state index contributed by atoms with van der Waals surface area (Å²) in [4.78, 5) is 6.85. The SMILES string of the molecule is CO[C@@H]1CN(Cc2cccc(-c3ccccn3)c2)C[C@H]1c1cn[nH]n1. The van der Waals surface area contributed by atoms with Gasteiger partial charge in [-0.05, 0) is 23.8 Å². The summed E-state index contributed by atoms with van der Waals surface area (Å²) < 4.78 is 5.68. The first-order chi connectivity index (χ1) is 12.3. The molecule has 128 valence electrons. The van der Waals surface area contributed by atoms with Gasteiger partial charge in [0.2, 0.25) is 0 Å². The minimum Gasteiger partial charge on any atom is -0.379 e. The van der Waals surface area contributed by atoms with E-state index in [1.54, 1.807) is 13.3 Å². The number of rotatable bonds is 5. The lowest BCUT2D eigenvalue weighted by molar-refractivity contribution is 0.0957. The summed E-state index contributed by atoms with van der Waals surface area (Å²) in [6, 6.07) is 14.6. The summed E-state index contributed by atoms with van der Waals surface area (Å²) in [7, 11) is 1.77. The molecule has 4 rings (SSSR count). The van der Waals surface area contributed by atoms with Crippen molar-refractivity contribution in [3.8, 4) is 11.3 Å². The van der Waals surface area contributed by atoms with Gasteiger partial charge in [0, 0.05) is 44.4 Å². The molecular formula is C19H21N5O. The van der Waals surface area contributed by atoms with Crippen LogP contribution in [0.3, 0.4) is 0 Å². The fourth-order valence-electron chi connectivity index (χ4n) is 3.51. The van der Waals surface area contributed by atoms with Gasteiger partial charge in [-0.1, -0.05) is 24.3 Å². The van der Waals surface area contributed by atoms with Crippen LogP contribution < -0.4 is 0 Å². The molecule has 0 aliphatic carbocycles. The number of hydrogen-bond acceptors (Lipinski definition) is 5. The van der Waals surface area contributed by atoms with Crippen molar-refractivity contribution in [3.05, 3.63) is 66.1 Å². The third-order valence-electron chi connectivity index (χ3n) is 4.75. The Hall–Kier alpha value is -2.57. The maximum Gasteiger partial charge on any atom is 0.0894 e. The number of likely N-dealkylation sites (tertiary alicyclic amines) is 1. The number of H-pyrrole nitrogens is 1. The fourth-order valence-corrected chi connectivity index (χ4v) is 3.51. The topological polar surface area (TPSA) is 66.9 Å². The van der Waals surface area contributed by atoms with Crippen LogP contribution in [0.4, 0.5) is 0 Å². The number of ether oxygens (including phenoxy) is 1. The van der Waals surface area contributed by atoms with Gasteiger partial charge in [-0.25, -0.2) is 0 Å². The predicted molar refractivity (Wildman–Crippen MR) is 94.9 cm³/mol. The molecule has 0 spiro atoms. The van der Waals surface area contributed by atoms with E-state index < -0.39 is 0 Å². The Labute approximate surface area is 146 Å². The zero-order valence-electron chi connectivity index (χ0n) is 14.2. The Morgan fingerprint density at radius 3 is 2.92 bits per heavy atom. The number of benzene rings is 1. The van der Waals surface area contributed by atoms with E-state index in [-0.39, 0.29) is 12.0 Å². The Morgan fingerprint density at radius 2 is 2.16 bits per heavy atom. The number of methoxy groups -OCH3 is 1. The molecule has 1 aromatic carbocycles. The van der Waals surface area contributed by atoms with Crippen molar-refractivity contribution in [1.29, 1.82) is 0 Å². The number of pyridine rings is 1. The summed E-state index contributed by atoms with van der Waals surface area (Å²) in [6.45, 7) is 2.69. The first-order valence-corrected chi connectivity index (χ1v) is 8.44. The van der Waals surface area contributed by atoms with Crippen molar-refractivity contribution >= 4 is 0 Å². The fraction of sp³-hybridized carbons (Fsp3) is 0.316. The number of aromatic nitrogens is 4. The molecule has 3 aromatic rings. The van der Waals surface area contributed by atoms with E-state index in [9.17, 15) is 0 Å². The monoisotopic (exact) mass is 335 g/mol. The highest BCUT2D eigenvalue weighted by atomic mass is 16.5. The molecule has 0 unspecified atom stereocenters. The van der Waals surface area contributed by atoms with Gasteiger partial charge >= 0.3 is 0 Å². The molecule has 2 aromatic heterocycles. The lowest BCUT2D eigenvalue weighted by Gasteiger charge is -2.16. The van der Waals surface area contributed by atoms with Gasteiger partial charge in [-0.15, -0.1) is 0 Å². The van der Waals surface area contributed by atoms with E-state index in [4.69, 9.17) is 4.74 Å². The molecular weight excluding hydrogens is 314 g/mol. The van der Waals surface area contributed by atoms with Crippen LogP contribution in [0.25, 0.3) is 11.3 Å². The van der Waals surface area contributed by atoms with Crippen molar-refractivity contribution in [2.24, 2.45) is 0 Å². The van der Waals surface area contributed by atoms with Crippen LogP contribution in [0.1, 0.15) is 17.2 Å². The van der Waals surface area contributed by atoms with Gasteiger partial charge < -0.3 is 4.74 Å². The van der Waals surface area contributed by atoms with Gasteiger partial charge in [0.25, 0.3) is 0 Å². The van der Waals surface area contributed by atoms with Gasteiger partial charge in [-0.2, -0.15) is 15.4 Å². The second-order valence-corrected chi connectivity index (χ2v) is 6.38. The molecule has 0 saturated carbocycles. The largest absolute Gasteiger partial charge is 0.379 e. The average molecular weight is 335 g/mol. The molecule has 0 bridgehead atoms. The van der Waals surface area contributed by atoms with E-state index >= 15 is 0 Å². The van der Waals surface area contributed by atoms with Crippen LogP contribution in [0.5, 0.6) is 0 Å². The molecule has 1 N–H and O–H groups in total. The summed E-state index contributed by atoms with van der Waals surface area (Å²) >= 11 is 0. The van der Waals surface area contributed by atoms with Crippen LogP contribution in [-0.2, 0) is 11.3 Å². The van der Waals surface area contributed by atoms with Crippen molar-refractivity contribution < 1.29 is 4.74 Å². The average Bonchev–Trinajstić information content (AvgIpc) is 3.32. The molecule has 1 aliphatic heterocycles. The Balaban J connectivity index is 1.49. The third kappa shape index (κ3) is 3.45. The molecule has 1 saturated heterocycles. The normalized spacial score (nSPS) is 20.8. The van der Waals surface area contributed by atoms with Crippen LogP contribution in [0.2, 0.25) is 0 Å². The Kier molecular flexibility index (Phi) is 4.54. The van der Waals surface area contributed by atoms with E-state index in [1.165, 1.54) is 5.56 Å². The quantitative estimate of drug-likeness (QED) is 0.776. The highest BCUT2D eigenvalue weighted by Crippen LogP contribution is 2.29. The molecule has 6 heteroatoms. The van der Waals surface area contributed by atoms with Crippen molar-refractivity contribution in [1.82, 2.24) is 25.3 Å². The van der Waals surface area contributed by atoms with Crippen LogP contribution >= 0.6 is 0 Å². The van der Waals surface area contributed by atoms with E-state index in [2.05, 4.69) is 49.6 Å². The summed E-state index contributed by atoms with van der Waals surface area (Å²) in [5.41, 5.74) is 4.39. The number of nitrogens with one attached hydrogen (secondary N) is 1. The minimum atomic E-state index is 0.143. The third-order valence-corrected chi connectivity index (χ3v) is 4.75. The predicted octanol–water partition coefficient (Wildman–Crippen LogP) is 2.48. The molecule has 1 fully saturated rings. The maximum atomic E-state index is 5.68. The number of nitrogens with zero attached hydrogens (tertiary/aromatic N) is 4. The Bertz CT molecular complexity index is 806. The van der Waals surface area contributed by atoms with Crippen molar-refractivity contribution in [2.45, 2.75) is 18.6 Å². The van der Waals surface area contributed by atoms with E-state index in [1.807, 2.05) is 24.4 Å². The van der Waals surface area contributed by atoms with Crippen LogP contribution in [-0.4, -0.2) is 51.6 Å². The van der Waals surface area contributed by atoms with Crippen molar-refractivity contribution in [3.63, 3.8) is 0 Å². The molecule has 6 nitrogen and oxygen atoms in total. The van der Waals surface area contributed by atoms with Gasteiger partial charge in [0.05, 0.1) is 23.7 Å². The lowest BCUT2D eigenvalue weighted by Crippen LogP contribution is -2.22. The standard InChI is InChI=1S/C19H21N5O/c1-25-19-13-24(12-16(19)18-10-21-23-22-18)11-14-5-4-6-15(9-14)17-7-2-3-8-20-17/h2-10,16,19H,11-13H2,1H3,(H,21,22,23)/t16-,19+/m0/s1. The maximum absolute atomic E-state index is 5.68. The lowest BCUT2D eigenvalue weighted by atomic mass is 10.0. The van der Waals surface area contributed by atoms with E-state index in [0.717, 1.165) is 36.6 Å². The zero-order valence-corrected chi connectivity index (χ0v) is 14.2. The zero-order chi connectivity index (χ0) is 17.1. The second kappa shape index (κ2) is 7.13. The van der Waals surface area contributed by atoms with Crippen LogP contribution in [0.15, 0.2) is 54.9 Å². The second-order valence-electron chi connectivity index (χ2n) is 6.38. The summed E-state index contributed by atoms with van der Waals surface area (Å²) in [5.74, 6) is 0.253. The molecule has 1 aliphatic rings. The molecule has 0 amide bonds. The molecule has 0 radical (unpaired) electrons. The van der Waals surface area contributed by atoms with Gasteiger partial charge in [-0.3, -0.25) is 9.88 Å². The van der Waals surface area contributed by atoms with E-state index in [0.29, 0.717) is 0 Å². The number of aromatic amines is 1. The Morgan fingerprint density at radius 1 is 1.20 bits per heavy atom. The molecule has 2 atom stereocenters. The number of hydrogen-bond donors (Lipinski definition) is 1. The van der Waals surface area contributed by atoms with Crippen LogP contribution in [0, 0.1) is 0 Å². The first kappa shape index (κ1) is 15.9. The highest BCUT2D eigenvalue weighted by Gasteiger charge is 2.35.